The third-order valence-electron chi connectivity index (χ3n) is 4.23. The van der Waals surface area contributed by atoms with Crippen molar-refractivity contribution in [2.75, 3.05) is 18.0 Å². The van der Waals surface area contributed by atoms with Crippen LogP contribution in [0.5, 0.6) is 0 Å². The number of nitrogens with one attached hydrogen (secondary N) is 1. The van der Waals surface area contributed by atoms with Gasteiger partial charge in [-0.15, -0.1) is 0 Å². The summed E-state index contributed by atoms with van der Waals surface area (Å²) in [4.78, 5) is 2.31. The molecule has 2 rings (SSSR count). The van der Waals surface area contributed by atoms with Crippen LogP contribution in [0, 0.1) is 11.7 Å². The Morgan fingerprint density at radius 1 is 1.29 bits per heavy atom. The topological polar surface area (TPSA) is 15.3 Å². The Labute approximate surface area is 128 Å². The van der Waals surface area contributed by atoms with Crippen molar-refractivity contribution >= 4 is 5.69 Å². The molecular formula is C18H29FN2. The second-order valence-corrected chi connectivity index (χ2v) is 6.55. The largest absolute Gasteiger partial charge is 0.366 e. The lowest BCUT2D eigenvalue weighted by Gasteiger charge is -2.33. The van der Waals surface area contributed by atoms with Crippen molar-refractivity contribution in [2.45, 2.75) is 59.0 Å². The summed E-state index contributed by atoms with van der Waals surface area (Å²) in [6, 6.07) is 6.24. The Morgan fingerprint density at radius 2 is 2.00 bits per heavy atom. The van der Waals surface area contributed by atoms with Gasteiger partial charge in [0.1, 0.15) is 5.82 Å². The van der Waals surface area contributed by atoms with Crippen LogP contribution in [-0.4, -0.2) is 19.1 Å². The van der Waals surface area contributed by atoms with E-state index in [9.17, 15) is 4.39 Å². The standard InChI is InChI=1S/C18H29FN2/c1-4-20-12-15-9-10-18(17(19)11-15)21(13-14(2)3)16-7-5-6-8-16/h9-11,14,16,20H,4-8,12-13H2,1-3H3. The third kappa shape index (κ3) is 4.44. The smallest absolute Gasteiger partial charge is 0.146 e. The predicted octanol–water partition coefficient (Wildman–Crippen LogP) is 4.34. The maximum Gasteiger partial charge on any atom is 0.146 e. The van der Waals surface area contributed by atoms with Crippen molar-refractivity contribution in [1.82, 2.24) is 5.32 Å². The number of anilines is 1. The summed E-state index contributed by atoms with van der Waals surface area (Å²) in [6.07, 6.45) is 4.95. The second-order valence-electron chi connectivity index (χ2n) is 6.55. The molecule has 1 aliphatic carbocycles. The summed E-state index contributed by atoms with van der Waals surface area (Å²) in [7, 11) is 0. The van der Waals surface area contributed by atoms with Crippen molar-refractivity contribution in [2.24, 2.45) is 5.92 Å². The molecule has 0 atom stereocenters. The van der Waals surface area contributed by atoms with E-state index < -0.39 is 0 Å². The average Bonchev–Trinajstić information content (AvgIpc) is 2.97. The van der Waals surface area contributed by atoms with E-state index in [1.54, 1.807) is 6.07 Å². The van der Waals surface area contributed by atoms with E-state index in [-0.39, 0.29) is 5.82 Å². The molecule has 3 heteroatoms. The molecule has 0 aromatic heterocycles. The molecule has 0 unspecified atom stereocenters. The minimum Gasteiger partial charge on any atom is -0.366 e. The molecule has 1 aliphatic rings. The van der Waals surface area contributed by atoms with E-state index in [0.29, 0.717) is 12.0 Å². The van der Waals surface area contributed by atoms with E-state index >= 15 is 0 Å². The van der Waals surface area contributed by atoms with Crippen LogP contribution in [0.2, 0.25) is 0 Å². The van der Waals surface area contributed by atoms with Crippen LogP contribution in [0.3, 0.4) is 0 Å². The van der Waals surface area contributed by atoms with E-state index in [4.69, 9.17) is 0 Å². The first-order chi connectivity index (χ1) is 10.1. The number of hydrogen-bond donors (Lipinski definition) is 1. The number of nitrogens with zero attached hydrogens (tertiary/aromatic N) is 1. The van der Waals surface area contributed by atoms with E-state index in [2.05, 4.69) is 37.1 Å². The van der Waals surface area contributed by atoms with E-state index in [1.807, 2.05) is 6.07 Å². The Morgan fingerprint density at radius 3 is 2.57 bits per heavy atom. The van der Waals surface area contributed by atoms with Crippen molar-refractivity contribution in [3.63, 3.8) is 0 Å². The molecule has 1 fully saturated rings. The number of hydrogen-bond acceptors (Lipinski definition) is 2. The van der Waals surface area contributed by atoms with Gasteiger partial charge in [0, 0.05) is 19.1 Å². The zero-order chi connectivity index (χ0) is 15.2. The van der Waals surface area contributed by atoms with Gasteiger partial charge in [0.25, 0.3) is 0 Å². The molecule has 0 aliphatic heterocycles. The summed E-state index contributed by atoms with van der Waals surface area (Å²) in [6.45, 7) is 9.06. The molecule has 0 saturated heterocycles. The molecule has 1 aromatic carbocycles. The van der Waals surface area contributed by atoms with Crippen molar-refractivity contribution < 1.29 is 4.39 Å². The highest BCUT2D eigenvalue weighted by atomic mass is 19.1. The summed E-state index contributed by atoms with van der Waals surface area (Å²) in [5, 5.41) is 3.25. The highest BCUT2D eigenvalue weighted by Gasteiger charge is 2.25. The van der Waals surface area contributed by atoms with Gasteiger partial charge in [0.15, 0.2) is 0 Å². The third-order valence-corrected chi connectivity index (χ3v) is 4.23. The Balaban J connectivity index is 2.18. The van der Waals surface area contributed by atoms with Crippen LogP contribution >= 0.6 is 0 Å². The summed E-state index contributed by atoms with van der Waals surface area (Å²) in [5.74, 6) is 0.476. The van der Waals surface area contributed by atoms with Crippen molar-refractivity contribution in [3.05, 3.63) is 29.6 Å². The molecule has 2 nitrogen and oxygen atoms in total. The average molecular weight is 292 g/mol. The molecule has 0 radical (unpaired) electrons. The first kappa shape index (κ1) is 16.3. The molecule has 1 aromatic rings. The van der Waals surface area contributed by atoms with Gasteiger partial charge < -0.3 is 10.2 Å². The molecule has 1 saturated carbocycles. The number of rotatable bonds is 7. The van der Waals surface area contributed by atoms with Crippen LogP contribution in [-0.2, 0) is 6.54 Å². The summed E-state index contributed by atoms with van der Waals surface area (Å²) in [5.41, 5.74) is 1.81. The molecule has 0 heterocycles. The molecule has 0 spiro atoms. The normalized spacial score (nSPS) is 15.9. The maximum absolute atomic E-state index is 14.6. The van der Waals surface area contributed by atoms with Crippen molar-refractivity contribution in [1.29, 1.82) is 0 Å². The highest BCUT2D eigenvalue weighted by molar-refractivity contribution is 5.50. The first-order valence-electron chi connectivity index (χ1n) is 8.37. The number of halogens is 1. The van der Waals surface area contributed by atoms with Crippen LogP contribution < -0.4 is 10.2 Å². The zero-order valence-electron chi connectivity index (χ0n) is 13.7. The van der Waals surface area contributed by atoms with Crippen LogP contribution in [0.4, 0.5) is 10.1 Å². The molecule has 1 N–H and O–H groups in total. The Bertz CT molecular complexity index is 439. The number of benzene rings is 1. The first-order valence-corrected chi connectivity index (χ1v) is 8.37. The van der Waals surface area contributed by atoms with Gasteiger partial charge in [-0.25, -0.2) is 4.39 Å². The Hall–Kier alpha value is -1.09. The van der Waals surface area contributed by atoms with Crippen molar-refractivity contribution in [3.8, 4) is 0 Å². The van der Waals surface area contributed by atoms with Gasteiger partial charge in [-0.1, -0.05) is 39.7 Å². The minimum atomic E-state index is -0.0713. The SMILES string of the molecule is CCNCc1ccc(N(CC(C)C)C2CCCC2)c(F)c1. The quantitative estimate of drug-likeness (QED) is 0.804. The fourth-order valence-electron chi connectivity index (χ4n) is 3.22. The van der Waals surface area contributed by atoms with Gasteiger partial charge in [0.2, 0.25) is 0 Å². The Kier molecular flexibility index (Phi) is 6.04. The molecule has 118 valence electrons. The maximum atomic E-state index is 14.6. The van der Waals surface area contributed by atoms with Crippen LogP contribution in [0.15, 0.2) is 18.2 Å². The lowest BCUT2D eigenvalue weighted by Crippen LogP contribution is -2.37. The molecule has 21 heavy (non-hydrogen) atoms. The van der Waals surface area contributed by atoms with Gasteiger partial charge in [-0.2, -0.15) is 0 Å². The fraction of sp³-hybridized carbons (Fsp3) is 0.667. The molecular weight excluding hydrogens is 263 g/mol. The van der Waals surface area contributed by atoms with Crippen LogP contribution in [0.25, 0.3) is 0 Å². The fourth-order valence-corrected chi connectivity index (χ4v) is 3.22. The van der Waals surface area contributed by atoms with Crippen LogP contribution in [0.1, 0.15) is 52.0 Å². The lowest BCUT2D eigenvalue weighted by molar-refractivity contribution is 0.520. The molecule has 0 bridgehead atoms. The predicted molar refractivity (Wildman–Crippen MR) is 88.2 cm³/mol. The zero-order valence-corrected chi connectivity index (χ0v) is 13.7. The van der Waals surface area contributed by atoms with E-state index in [0.717, 1.165) is 30.9 Å². The monoisotopic (exact) mass is 292 g/mol. The molecule has 0 amide bonds. The van der Waals surface area contributed by atoms with Gasteiger partial charge in [0.05, 0.1) is 5.69 Å². The van der Waals surface area contributed by atoms with E-state index in [1.165, 1.54) is 25.7 Å². The lowest BCUT2D eigenvalue weighted by atomic mass is 10.1. The highest BCUT2D eigenvalue weighted by Crippen LogP contribution is 2.31. The van der Waals surface area contributed by atoms with Gasteiger partial charge in [-0.3, -0.25) is 0 Å². The van der Waals surface area contributed by atoms with Gasteiger partial charge in [-0.05, 0) is 43.0 Å². The van der Waals surface area contributed by atoms with Gasteiger partial charge >= 0.3 is 0 Å². The minimum absolute atomic E-state index is 0.0713. The second kappa shape index (κ2) is 7.79. The summed E-state index contributed by atoms with van der Waals surface area (Å²) >= 11 is 0. The summed E-state index contributed by atoms with van der Waals surface area (Å²) < 4.78 is 14.6.